The Kier molecular flexibility index (Phi) is 9.11. The molecule has 4 rings (SSSR count). The molecule has 1 aliphatic rings. The van der Waals surface area contributed by atoms with Crippen molar-refractivity contribution in [2.75, 3.05) is 37.8 Å². The van der Waals surface area contributed by atoms with Gasteiger partial charge in [0, 0.05) is 12.0 Å². The van der Waals surface area contributed by atoms with E-state index in [1.807, 2.05) is 6.92 Å². The number of nitrogens with one attached hydrogen (secondary N) is 1. The first-order chi connectivity index (χ1) is 20.1. The van der Waals surface area contributed by atoms with Crippen LogP contribution in [0.4, 0.5) is 38.0 Å². The summed E-state index contributed by atoms with van der Waals surface area (Å²) in [7, 11) is 0. The highest BCUT2D eigenvalue weighted by Crippen LogP contribution is 2.60. The Morgan fingerprint density at radius 3 is 2.44 bits per heavy atom. The Labute approximate surface area is 243 Å². The molecule has 10 nitrogen and oxygen atoms in total. The number of aliphatic hydroxyl groups is 1. The highest BCUT2D eigenvalue weighted by molar-refractivity contribution is 5.95. The van der Waals surface area contributed by atoms with Crippen molar-refractivity contribution in [2.45, 2.75) is 64.7 Å². The molecular formula is C27H33F6N7O3. The van der Waals surface area contributed by atoms with Crippen LogP contribution in [0.15, 0.2) is 6.07 Å². The first-order valence-electron chi connectivity index (χ1n) is 13.6. The van der Waals surface area contributed by atoms with E-state index in [1.54, 1.807) is 6.92 Å². The Bertz CT molecular complexity index is 1490. The number of aliphatic hydroxyl groups excluding tert-OH is 1. The van der Waals surface area contributed by atoms with Crippen molar-refractivity contribution in [2.24, 2.45) is 5.41 Å². The predicted octanol–water partition coefficient (Wildman–Crippen LogP) is 4.66. The molecule has 0 bridgehead atoms. The van der Waals surface area contributed by atoms with Gasteiger partial charge < -0.3 is 31.4 Å². The summed E-state index contributed by atoms with van der Waals surface area (Å²) in [4.78, 5) is 15.7. The van der Waals surface area contributed by atoms with E-state index in [9.17, 15) is 27.1 Å². The summed E-state index contributed by atoms with van der Waals surface area (Å²) in [6.07, 6.45) is -3.75. The van der Waals surface area contributed by atoms with E-state index in [2.05, 4.69) is 25.3 Å². The molecule has 236 valence electrons. The number of rotatable bonds is 13. The van der Waals surface area contributed by atoms with Crippen LogP contribution < -0.4 is 26.3 Å². The molecule has 16 heteroatoms. The number of aromatic nitrogens is 4. The van der Waals surface area contributed by atoms with Crippen molar-refractivity contribution < 1.29 is 40.9 Å². The van der Waals surface area contributed by atoms with Crippen LogP contribution in [-0.2, 0) is 6.18 Å². The molecule has 0 radical (unpaired) electrons. The third kappa shape index (κ3) is 6.64. The molecule has 1 fully saturated rings. The van der Waals surface area contributed by atoms with Gasteiger partial charge >= 0.3 is 12.2 Å². The van der Waals surface area contributed by atoms with Crippen LogP contribution >= 0.6 is 0 Å². The summed E-state index contributed by atoms with van der Waals surface area (Å²) in [6.45, 7) is 4.53. The van der Waals surface area contributed by atoms with Crippen LogP contribution in [0.25, 0.3) is 22.2 Å². The highest BCUT2D eigenvalue weighted by Gasteiger charge is 2.71. The second-order valence-electron chi connectivity index (χ2n) is 10.7. The molecule has 1 aliphatic carbocycles. The smallest absolute Gasteiger partial charge is 0.418 e. The lowest BCUT2D eigenvalue weighted by atomic mass is 10.0. The van der Waals surface area contributed by atoms with Crippen molar-refractivity contribution in [1.82, 2.24) is 25.3 Å². The number of ether oxygens (including phenoxy) is 2. The highest BCUT2D eigenvalue weighted by atomic mass is 19.4. The minimum absolute atomic E-state index is 0.250. The summed E-state index contributed by atoms with van der Waals surface area (Å²) in [6, 6.07) is 0.206. The average molecular weight is 618 g/mol. The molecule has 3 aromatic heterocycles. The van der Waals surface area contributed by atoms with E-state index < -0.39 is 88.9 Å². The normalized spacial score (nSPS) is 18.6. The zero-order valence-corrected chi connectivity index (χ0v) is 23.8. The van der Waals surface area contributed by atoms with Gasteiger partial charge in [0.25, 0.3) is 5.92 Å². The minimum Gasteiger partial charge on any atom is -0.474 e. The molecule has 6 N–H and O–H groups in total. The SMILES string of the molecule is CCCCNCCC(C)Oc1nc(-c2cc(N)nc(C)c2C(F)(F)F)c(F)c2nc(OCC3(CO)CC3(F)F)nc(N)c12. The minimum atomic E-state index is -4.96. The van der Waals surface area contributed by atoms with Crippen LogP contribution in [0.1, 0.15) is 50.8 Å². The number of alkyl halides is 5. The largest absolute Gasteiger partial charge is 0.474 e. The average Bonchev–Trinajstić information content (AvgIpc) is 3.48. The topological polar surface area (TPSA) is 154 Å². The number of fused-ring (bicyclic) bond motifs is 1. The van der Waals surface area contributed by atoms with E-state index in [4.69, 9.17) is 20.9 Å². The van der Waals surface area contributed by atoms with Gasteiger partial charge in [0.15, 0.2) is 5.82 Å². The Hall–Kier alpha value is -3.66. The molecule has 0 aromatic carbocycles. The predicted molar refractivity (Wildman–Crippen MR) is 146 cm³/mol. The monoisotopic (exact) mass is 617 g/mol. The number of halogens is 6. The Morgan fingerprint density at radius 2 is 1.84 bits per heavy atom. The maximum absolute atomic E-state index is 16.1. The van der Waals surface area contributed by atoms with Crippen molar-refractivity contribution in [3.8, 4) is 23.1 Å². The van der Waals surface area contributed by atoms with Crippen LogP contribution in [0, 0.1) is 18.2 Å². The maximum Gasteiger partial charge on any atom is 0.418 e. The van der Waals surface area contributed by atoms with Crippen molar-refractivity contribution >= 4 is 22.5 Å². The molecule has 2 atom stereocenters. The van der Waals surface area contributed by atoms with Gasteiger partial charge in [-0.3, -0.25) is 0 Å². The first-order valence-corrected chi connectivity index (χ1v) is 13.6. The summed E-state index contributed by atoms with van der Waals surface area (Å²) >= 11 is 0. The summed E-state index contributed by atoms with van der Waals surface area (Å²) in [5.74, 6) is -5.61. The fraction of sp³-hybridized carbons (Fsp3) is 0.556. The molecular weight excluding hydrogens is 584 g/mol. The number of pyridine rings is 2. The molecule has 0 saturated heterocycles. The van der Waals surface area contributed by atoms with Gasteiger partial charge in [0.05, 0.1) is 29.4 Å². The lowest BCUT2D eigenvalue weighted by Gasteiger charge is -2.20. The Morgan fingerprint density at radius 1 is 1.14 bits per heavy atom. The Balaban J connectivity index is 1.83. The van der Waals surface area contributed by atoms with Gasteiger partial charge in [-0.1, -0.05) is 13.3 Å². The number of aryl methyl sites for hydroxylation is 1. The van der Waals surface area contributed by atoms with Crippen LogP contribution in [0.5, 0.6) is 11.9 Å². The molecule has 3 heterocycles. The number of nitrogen functional groups attached to an aromatic ring is 2. The number of hydrogen-bond donors (Lipinski definition) is 4. The van der Waals surface area contributed by atoms with Gasteiger partial charge in [0.2, 0.25) is 5.88 Å². The molecule has 3 aromatic rings. The lowest BCUT2D eigenvalue weighted by molar-refractivity contribution is -0.137. The van der Waals surface area contributed by atoms with E-state index in [-0.39, 0.29) is 17.1 Å². The zero-order chi connectivity index (χ0) is 31.7. The standard InChI is InChI=1S/C27H33F6N7O3/c1-4-5-7-36-8-6-13(2)43-23-17-21(39-24(40-22(17)35)42-12-25(11-41)10-26(25,29)30)19(28)20(38-23)15-9-16(34)37-14(3)18(15)27(31,32)33/h9,13,36,41H,4-8,10-12H2,1-3H3,(H2,34,37)(H2,35,39,40). The van der Waals surface area contributed by atoms with Crippen molar-refractivity contribution in [3.63, 3.8) is 0 Å². The second-order valence-corrected chi connectivity index (χ2v) is 10.7. The molecule has 1 saturated carbocycles. The second kappa shape index (κ2) is 12.1. The zero-order valence-electron chi connectivity index (χ0n) is 23.8. The lowest BCUT2D eigenvalue weighted by Crippen LogP contribution is -2.25. The molecule has 0 amide bonds. The van der Waals surface area contributed by atoms with Gasteiger partial charge in [-0.25, -0.2) is 23.1 Å². The van der Waals surface area contributed by atoms with Crippen LogP contribution in [0.2, 0.25) is 0 Å². The molecule has 43 heavy (non-hydrogen) atoms. The quantitative estimate of drug-likeness (QED) is 0.157. The van der Waals surface area contributed by atoms with Gasteiger partial charge in [-0.15, -0.1) is 0 Å². The van der Waals surface area contributed by atoms with Crippen LogP contribution in [0.3, 0.4) is 0 Å². The van der Waals surface area contributed by atoms with E-state index in [1.165, 1.54) is 0 Å². The third-order valence-electron chi connectivity index (χ3n) is 7.26. The third-order valence-corrected chi connectivity index (χ3v) is 7.26. The summed E-state index contributed by atoms with van der Waals surface area (Å²) < 4.78 is 97.4. The fourth-order valence-corrected chi connectivity index (χ4v) is 4.65. The molecule has 0 aliphatic heterocycles. The first kappa shape index (κ1) is 32.3. The van der Waals surface area contributed by atoms with E-state index >= 15 is 4.39 Å². The van der Waals surface area contributed by atoms with Gasteiger partial charge in [-0.2, -0.15) is 23.1 Å². The summed E-state index contributed by atoms with van der Waals surface area (Å²) in [5.41, 5.74) is 6.05. The van der Waals surface area contributed by atoms with Crippen LogP contribution in [-0.4, -0.2) is 63.4 Å². The number of nitrogens with zero attached hydrogens (tertiary/aromatic N) is 4. The number of unbranched alkanes of at least 4 members (excludes halogenated alkanes) is 1. The molecule has 2 unspecified atom stereocenters. The van der Waals surface area contributed by atoms with Crippen molar-refractivity contribution in [3.05, 3.63) is 23.1 Å². The number of hydrogen-bond acceptors (Lipinski definition) is 10. The van der Waals surface area contributed by atoms with E-state index in [0.717, 1.165) is 32.4 Å². The summed E-state index contributed by atoms with van der Waals surface area (Å²) in [5, 5.41) is 12.4. The molecule has 0 spiro atoms. The number of anilines is 2. The van der Waals surface area contributed by atoms with E-state index in [0.29, 0.717) is 13.0 Å². The number of nitrogens with two attached hydrogens (primary N) is 2. The van der Waals surface area contributed by atoms with Crippen molar-refractivity contribution in [1.29, 1.82) is 0 Å². The van der Waals surface area contributed by atoms with Gasteiger partial charge in [-0.05, 0) is 45.8 Å². The maximum atomic E-state index is 16.1. The fourth-order valence-electron chi connectivity index (χ4n) is 4.65. The van der Waals surface area contributed by atoms with Gasteiger partial charge in [0.1, 0.15) is 34.8 Å².